The summed E-state index contributed by atoms with van der Waals surface area (Å²) in [6.07, 6.45) is 2.33. The van der Waals surface area contributed by atoms with E-state index in [1.165, 1.54) is 30.6 Å². The topological polar surface area (TPSA) is 110 Å². The predicted octanol–water partition coefficient (Wildman–Crippen LogP) is 4.40. The number of anilines is 1. The van der Waals surface area contributed by atoms with Crippen molar-refractivity contribution in [3.63, 3.8) is 0 Å². The zero-order valence-corrected chi connectivity index (χ0v) is 16.8. The molecule has 0 spiro atoms. The Labute approximate surface area is 175 Å². The summed E-state index contributed by atoms with van der Waals surface area (Å²) in [7, 11) is 1.36. The molecule has 0 aliphatic carbocycles. The Hall–Kier alpha value is -3.72. The Bertz CT molecular complexity index is 1200. The lowest BCUT2D eigenvalue weighted by molar-refractivity contribution is -0.384. The van der Waals surface area contributed by atoms with Gasteiger partial charge in [-0.2, -0.15) is 0 Å². The molecule has 0 aliphatic heterocycles. The number of para-hydroxylation sites is 1. The number of ether oxygens (including phenoxy) is 1. The molecule has 0 fully saturated rings. The summed E-state index contributed by atoms with van der Waals surface area (Å²) < 4.78 is 4.97. The van der Waals surface area contributed by atoms with Crippen LogP contribution in [-0.4, -0.2) is 34.0 Å². The Morgan fingerprint density at radius 2 is 2.03 bits per heavy atom. The van der Waals surface area contributed by atoms with Crippen LogP contribution in [0, 0.1) is 10.1 Å². The first-order valence-electron chi connectivity index (χ1n) is 9.15. The van der Waals surface area contributed by atoms with Crippen LogP contribution in [0.5, 0.6) is 0 Å². The van der Waals surface area contributed by atoms with Crippen molar-refractivity contribution in [2.24, 2.45) is 0 Å². The average molecular weight is 422 g/mol. The van der Waals surface area contributed by atoms with Gasteiger partial charge in [-0.05, 0) is 23.8 Å². The number of thiazole rings is 1. The van der Waals surface area contributed by atoms with Gasteiger partial charge in [0.15, 0.2) is 5.13 Å². The lowest BCUT2D eigenvalue weighted by Gasteiger charge is -2.15. The van der Waals surface area contributed by atoms with Crippen molar-refractivity contribution in [2.45, 2.75) is 12.5 Å². The number of non-ortho nitro benzene ring substituents is 1. The zero-order chi connectivity index (χ0) is 21.1. The molecule has 8 nitrogen and oxygen atoms in total. The highest BCUT2D eigenvalue weighted by molar-refractivity contribution is 7.14. The minimum absolute atomic E-state index is 0.0248. The van der Waals surface area contributed by atoms with Crippen LogP contribution in [0.4, 0.5) is 10.8 Å². The fourth-order valence-electron chi connectivity index (χ4n) is 3.23. The third-order valence-electron chi connectivity index (χ3n) is 4.76. The van der Waals surface area contributed by atoms with E-state index in [1.54, 1.807) is 12.1 Å². The van der Waals surface area contributed by atoms with Gasteiger partial charge < -0.3 is 15.0 Å². The van der Waals surface area contributed by atoms with E-state index < -0.39 is 11.0 Å². The second kappa shape index (κ2) is 8.34. The number of nitro groups is 1. The number of hydrogen-bond acceptors (Lipinski definition) is 7. The maximum Gasteiger partial charge on any atom is 0.328 e. The molecule has 152 valence electrons. The molecule has 4 aromatic rings. The van der Waals surface area contributed by atoms with E-state index in [2.05, 4.69) is 15.3 Å². The van der Waals surface area contributed by atoms with Gasteiger partial charge in [0, 0.05) is 46.6 Å². The van der Waals surface area contributed by atoms with Crippen molar-refractivity contribution in [3.8, 4) is 11.3 Å². The molecule has 4 rings (SSSR count). The molecule has 0 saturated heterocycles. The lowest BCUT2D eigenvalue weighted by atomic mass is 10.1. The van der Waals surface area contributed by atoms with Crippen LogP contribution in [0.3, 0.4) is 0 Å². The predicted molar refractivity (Wildman–Crippen MR) is 116 cm³/mol. The number of esters is 1. The molecule has 0 saturated carbocycles. The maximum atomic E-state index is 12.4. The van der Waals surface area contributed by atoms with E-state index >= 15 is 0 Å². The van der Waals surface area contributed by atoms with Crippen LogP contribution in [0.1, 0.15) is 5.56 Å². The Balaban J connectivity index is 1.54. The maximum absolute atomic E-state index is 12.4. The molecule has 0 radical (unpaired) electrons. The number of rotatable bonds is 7. The minimum Gasteiger partial charge on any atom is -0.467 e. The van der Waals surface area contributed by atoms with Crippen LogP contribution in [0.15, 0.2) is 60.1 Å². The van der Waals surface area contributed by atoms with Crippen LogP contribution in [0.2, 0.25) is 0 Å². The number of nitrogens with zero attached hydrogens (tertiary/aromatic N) is 2. The molecule has 2 N–H and O–H groups in total. The van der Waals surface area contributed by atoms with Gasteiger partial charge in [0.1, 0.15) is 6.04 Å². The number of aromatic amines is 1. The summed E-state index contributed by atoms with van der Waals surface area (Å²) in [5, 5.41) is 17.4. The molecule has 9 heteroatoms. The second-order valence-electron chi connectivity index (χ2n) is 6.63. The normalized spacial score (nSPS) is 11.9. The number of aromatic nitrogens is 2. The highest BCUT2D eigenvalue weighted by Gasteiger charge is 2.22. The number of nitro benzene ring substituents is 1. The summed E-state index contributed by atoms with van der Waals surface area (Å²) >= 11 is 1.36. The van der Waals surface area contributed by atoms with Gasteiger partial charge in [0.25, 0.3) is 5.69 Å². The molecule has 2 heterocycles. The van der Waals surface area contributed by atoms with Crippen molar-refractivity contribution in [3.05, 3.63) is 75.8 Å². The van der Waals surface area contributed by atoms with Gasteiger partial charge in [0.05, 0.1) is 17.7 Å². The summed E-state index contributed by atoms with van der Waals surface area (Å²) in [6.45, 7) is 0. The van der Waals surface area contributed by atoms with Crippen molar-refractivity contribution >= 4 is 39.0 Å². The zero-order valence-electron chi connectivity index (χ0n) is 16.0. The standard InChI is InChI=1S/C21H18N4O4S/c1-29-20(26)18(10-14-11-22-17-5-3-2-4-16(14)17)23-21-24-19(12-30-21)13-6-8-15(9-7-13)25(27)28/h2-9,11-12,18,22H,10H2,1H3,(H,23,24)/t18-/m0/s1. The van der Waals surface area contributed by atoms with Crippen LogP contribution < -0.4 is 5.32 Å². The molecule has 0 amide bonds. The first-order valence-corrected chi connectivity index (χ1v) is 10.0. The molecule has 0 aliphatic rings. The van der Waals surface area contributed by atoms with Crippen LogP contribution in [0.25, 0.3) is 22.2 Å². The Morgan fingerprint density at radius 3 is 2.77 bits per heavy atom. The molecule has 0 bridgehead atoms. The third-order valence-corrected chi connectivity index (χ3v) is 5.53. The van der Waals surface area contributed by atoms with Gasteiger partial charge in [-0.3, -0.25) is 10.1 Å². The SMILES string of the molecule is COC(=O)[C@H](Cc1c[nH]c2ccccc12)Nc1nc(-c2ccc([N+](=O)[O-])cc2)cs1. The van der Waals surface area contributed by atoms with E-state index in [4.69, 9.17) is 4.74 Å². The van der Waals surface area contributed by atoms with E-state index in [1.807, 2.05) is 35.8 Å². The van der Waals surface area contributed by atoms with Gasteiger partial charge in [-0.15, -0.1) is 11.3 Å². The molecule has 2 aromatic heterocycles. The van der Waals surface area contributed by atoms with Crippen LogP contribution in [-0.2, 0) is 16.0 Å². The van der Waals surface area contributed by atoms with Crippen LogP contribution >= 0.6 is 11.3 Å². The highest BCUT2D eigenvalue weighted by atomic mass is 32.1. The van der Waals surface area contributed by atoms with E-state index in [0.717, 1.165) is 22.0 Å². The molecule has 0 unspecified atom stereocenters. The lowest BCUT2D eigenvalue weighted by Crippen LogP contribution is -2.32. The molecular weight excluding hydrogens is 404 g/mol. The summed E-state index contributed by atoms with van der Waals surface area (Å²) in [4.78, 5) is 30.5. The number of carbonyl (C=O) groups is 1. The number of hydrogen-bond donors (Lipinski definition) is 2. The van der Waals surface area contributed by atoms with Crippen molar-refractivity contribution < 1.29 is 14.5 Å². The monoisotopic (exact) mass is 422 g/mol. The van der Waals surface area contributed by atoms with E-state index in [0.29, 0.717) is 17.2 Å². The number of carbonyl (C=O) groups excluding carboxylic acids is 1. The highest BCUT2D eigenvalue weighted by Crippen LogP contribution is 2.28. The van der Waals surface area contributed by atoms with Crippen molar-refractivity contribution in [2.75, 3.05) is 12.4 Å². The molecular formula is C21H18N4O4S. The number of nitrogens with one attached hydrogen (secondary N) is 2. The summed E-state index contributed by atoms with van der Waals surface area (Å²) in [5.74, 6) is -0.382. The minimum atomic E-state index is -0.606. The fourth-order valence-corrected chi connectivity index (χ4v) is 4.00. The fraction of sp³-hybridized carbons (Fsp3) is 0.143. The first-order chi connectivity index (χ1) is 14.5. The number of fused-ring (bicyclic) bond motifs is 1. The summed E-state index contributed by atoms with van der Waals surface area (Å²) in [5.41, 5.74) is 3.47. The molecule has 2 aromatic carbocycles. The third kappa shape index (κ3) is 4.01. The van der Waals surface area contributed by atoms with Gasteiger partial charge in [-0.1, -0.05) is 18.2 Å². The number of benzene rings is 2. The van der Waals surface area contributed by atoms with Gasteiger partial charge in [0.2, 0.25) is 0 Å². The number of H-pyrrole nitrogens is 1. The largest absolute Gasteiger partial charge is 0.467 e. The average Bonchev–Trinajstić information content (AvgIpc) is 3.40. The first kappa shape index (κ1) is 19.6. The number of methoxy groups -OCH3 is 1. The molecule has 1 atom stereocenters. The van der Waals surface area contributed by atoms with E-state index in [9.17, 15) is 14.9 Å². The summed E-state index contributed by atoms with van der Waals surface area (Å²) in [6, 6.07) is 13.5. The van der Waals surface area contributed by atoms with Gasteiger partial charge in [-0.25, -0.2) is 9.78 Å². The second-order valence-corrected chi connectivity index (χ2v) is 7.48. The van der Waals surface area contributed by atoms with Crippen molar-refractivity contribution in [1.82, 2.24) is 9.97 Å². The van der Waals surface area contributed by atoms with E-state index in [-0.39, 0.29) is 11.7 Å². The Morgan fingerprint density at radius 1 is 1.27 bits per heavy atom. The Kier molecular flexibility index (Phi) is 5.44. The smallest absolute Gasteiger partial charge is 0.328 e. The molecule has 30 heavy (non-hydrogen) atoms. The van der Waals surface area contributed by atoms with Gasteiger partial charge >= 0.3 is 5.97 Å². The van der Waals surface area contributed by atoms with Crippen molar-refractivity contribution in [1.29, 1.82) is 0 Å². The quantitative estimate of drug-likeness (QED) is 0.260.